The largest absolute Gasteiger partial charge is 1.00 e. The summed E-state index contributed by atoms with van der Waals surface area (Å²) in [5.74, 6) is 1.27. The van der Waals surface area contributed by atoms with Gasteiger partial charge in [0.2, 0.25) is 0 Å². The first kappa shape index (κ1) is 12.7. The SMILES string of the molecule is CSCC[N+](C)(C)C.[I-]. The summed E-state index contributed by atoms with van der Waals surface area (Å²) in [7, 11) is 6.66. The minimum Gasteiger partial charge on any atom is -1.00 e. The number of thioether (sulfide) groups is 1. The van der Waals surface area contributed by atoms with Crippen LogP contribution in [0.1, 0.15) is 0 Å². The molecule has 3 heteroatoms. The second-order valence-electron chi connectivity index (χ2n) is 3.01. The maximum absolute atomic E-state index is 2.22. The van der Waals surface area contributed by atoms with Crippen molar-refractivity contribution in [1.82, 2.24) is 0 Å². The third kappa shape index (κ3) is 12.3. The molecule has 0 saturated carbocycles. The Labute approximate surface area is 79.8 Å². The van der Waals surface area contributed by atoms with Gasteiger partial charge < -0.3 is 28.5 Å². The van der Waals surface area contributed by atoms with Gasteiger partial charge in [0.05, 0.1) is 27.7 Å². The van der Waals surface area contributed by atoms with E-state index < -0.39 is 0 Å². The Morgan fingerprint density at radius 1 is 1.22 bits per heavy atom. The normalized spacial score (nSPS) is 10.7. The van der Waals surface area contributed by atoms with Crippen molar-refractivity contribution in [3.05, 3.63) is 0 Å². The lowest BCUT2D eigenvalue weighted by Crippen LogP contribution is -3.00. The minimum absolute atomic E-state index is 0. The Bertz CT molecular complexity index is 60.6. The van der Waals surface area contributed by atoms with E-state index in [-0.39, 0.29) is 24.0 Å². The van der Waals surface area contributed by atoms with Crippen molar-refractivity contribution < 1.29 is 28.5 Å². The van der Waals surface area contributed by atoms with Gasteiger partial charge in [-0.1, -0.05) is 0 Å². The van der Waals surface area contributed by atoms with Crippen LogP contribution in [0.5, 0.6) is 0 Å². The van der Waals surface area contributed by atoms with E-state index >= 15 is 0 Å². The molecule has 0 atom stereocenters. The highest BCUT2D eigenvalue weighted by atomic mass is 127. The van der Waals surface area contributed by atoms with Gasteiger partial charge in [-0.25, -0.2) is 0 Å². The first-order valence-electron chi connectivity index (χ1n) is 2.85. The molecule has 1 nitrogen and oxygen atoms in total. The number of hydrogen-bond acceptors (Lipinski definition) is 1. The summed E-state index contributed by atoms with van der Waals surface area (Å²) in [5.41, 5.74) is 0. The van der Waals surface area contributed by atoms with E-state index in [4.69, 9.17) is 0 Å². The third-order valence-electron chi connectivity index (χ3n) is 0.966. The van der Waals surface area contributed by atoms with Crippen molar-refractivity contribution in [3.63, 3.8) is 0 Å². The zero-order valence-electron chi connectivity index (χ0n) is 6.65. The molecule has 0 N–H and O–H groups in total. The number of nitrogens with zero attached hydrogens (tertiary/aromatic N) is 1. The highest BCUT2D eigenvalue weighted by Gasteiger charge is 2.03. The first-order chi connectivity index (χ1) is 3.56. The average Bonchev–Trinajstić information content (AvgIpc) is 1.59. The Balaban J connectivity index is 0. The van der Waals surface area contributed by atoms with Crippen LogP contribution in [0.25, 0.3) is 0 Å². The van der Waals surface area contributed by atoms with Crippen molar-refractivity contribution in [3.8, 4) is 0 Å². The van der Waals surface area contributed by atoms with Crippen LogP contribution < -0.4 is 24.0 Å². The Hall–Kier alpha value is 1.04. The molecule has 0 aliphatic carbocycles. The Kier molecular flexibility index (Phi) is 8.18. The van der Waals surface area contributed by atoms with Gasteiger partial charge in [0.15, 0.2) is 0 Å². The van der Waals surface area contributed by atoms with Crippen LogP contribution in [0.3, 0.4) is 0 Å². The predicted octanol–water partition coefficient (Wildman–Crippen LogP) is -1.94. The molecule has 0 rings (SSSR count). The molecule has 0 unspecified atom stereocenters. The third-order valence-corrected chi connectivity index (χ3v) is 1.56. The zero-order valence-corrected chi connectivity index (χ0v) is 9.62. The van der Waals surface area contributed by atoms with Crippen molar-refractivity contribution in [2.24, 2.45) is 0 Å². The molecule has 0 fully saturated rings. The van der Waals surface area contributed by atoms with Gasteiger partial charge in [0.25, 0.3) is 0 Å². The average molecular weight is 261 g/mol. The summed E-state index contributed by atoms with van der Waals surface area (Å²) in [4.78, 5) is 0. The van der Waals surface area contributed by atoms with E-state index in [9.17, 15) is 0 Å². The molecule has 0 aliphatic heterocycles. The van der Waals surface area contributed by atoms with Gasteiger partial charge in [-0.05, 0) is 6.26 Å². The van der Waals surface area contributed by atoms with E-state index in [0.29, 0.717) is 0 Å². The smallest absolute Gasteiger partial charge is 0.0872 e. The van der Waals surface area contributed by atoms with Crippen LogP contribution in [-0.2, 0) is 0 Å². The van der Waals surface area contributed by atoms with Gasteiger partial charge in [0, 0.05) is 5.75 Å². The molecular weight excluding hydrogens is 245 g/mol. The van der Waals surface area contributed by atoms with Crippen LogP contribution in [0.15, 0.2) is 0 Å². The lowest BCUT2D eigenvalue weighted by atomic mass is 10.6. The maximum Gasteiger partial charge on any atom is 0.0872 e. The minimum atomic E-state index is 0. The molecule has 0 aliphatic rings. The van der Waals surface area contributed by atoms with Gasteiger partial charge in [-0.2, -0.15) is 11.8 Å². The molecule has 0 aromatic carbocycles. The summed E-state index contributed by atoms with van der Waals surface area (Å²) in [6.45, 7) is 1.27. The molecule has 0 aromatic rings. The molecule has 0 bridgehead atoms. The number of rotatable bonds is 3. The molecule has 0 aromatic heterocycles. The van der Waals surface area contributed by atoms with E-state index in [1.807, 2.05) is 11.8 Å². The van der Waals surface area contributed by atoms with Gasteiger partial charge in [0.1, 0.15) is 0 Å². The van der Waals surface area contributed by atoms with Crippen molar-refractivity contribution >= 4 is 11.8 Å². The molecule has 9 heavy (non-hydrogen) atoms. The maximum atomic E-state index is 2.22. The fraction of sp³-hybridized carbons (Fsp3) is 1.00. The second kappa shape index (κ2) is 5.80. The molecule has 0 amide bonds. The van der Waals surface area contributed by atoms with Gasteiger partial charge in [-0.15, -0.1) is 0 Å². The molecule has 58 valence electrons. The van der Waals surface area contributed by atoms with Gasteiger partial charge in [-0.3, -0.25) is 0 Å². The highest BCUT2D eigenvalue weighted by molar-refractivity contribution is 7.98. The van der Waals surface area contributed by atoms with Gasteiger partial charge >= 0.3 is 0 Å². The van der Waals surface area contributed by atoms with Crippen LogP contribution in [0.4, 0.5) is 0 Å². The lowest BCUT2D eigenvalue weighted by Gasteiger charge is -2.22. The lowest BCUT2D eigenvalue weighted by molar-refractivity contribution is -0.867. The Morgan fingerprint density at radius 2 is 1.67 bits per heavy atom. The van der Waals surface area contributed by atoms with E-state index in [1.54, 1.807) is 0 Å². The molecule has 0 radical (unpaired) electrons. The molecular formula is C6H16INS. The molecule has 0 saturated heterocycles. The zero-order chi connectivity index (χ0) is 6.62. The van der Waals surface area contributed by atoms with E-state index in [1.165, 1.54) is 12.3 Å². The number of halogens is 1. The second-order valence-corrected chi connectivity index (χ2v) is 3.99. The quantitative estimate of drug-likeness (QED) is 0.421. The summed E-state index contributed by atoms with van der Waals surface area (Å²) >= 11 is 1.91. The monoisotopic (exact) mass is 261 g/mol. The van der Waals surface area contributed by atoms with Crippen molar-refractivity contribution in [2.75, 3.05) is 39.7 Å². The van der Waals surface area contributed by atoms with Crippen molar-refractivity contribution in [2.45, 2.75) is 0 Å². The summed E-state index contributed by atoms with van der Waals surface area (Å²) in [6, 6.07) is 0. The summed E-state index contributed by atoms with van der Waals surface area (Å²) < 4.78 is 1.08. The van der Waals surface area contributed by atoms with E-state index in [0.717, 1.165) is 4.48 Å². The fourth-order valence-electron chi connectivity index (χ4n) is 0.365. The Morgan fingerprint density at radius 3 is 1.78 bits per heavy atom. The van der Waals surface area contributed by atoms with E-state index in [2.05, 4.69) is 27.4 Å². The van der Waals surface area contributed by atoms with Crippen LogP contribution in [0.2, 0.25) is 0 Å². The summed E-state index contributed by atoms with van der Waals surface area (Å²) in [6.07, 6.45) is 2.15. The number of quaternary nitrogens is 1. The predicted molar refractivity (Wildman–Crippen MR) is 41.3 cm³/mol. The standard InChI is InChI=1S/C6H16NS.HI/c1-7(2,3)5-6-8-4;/h5-6H2,1-4H3;1H/q+1;/p-1. The molecule has 0 spiro atoms. The topological polar surface area (TPSA) is 0 Å². The number of hydrogen-bond donors (Lipinski definition) is 0. The van der Waals surface area contributed by atoms with Crippen LogP contribution in [-0.4, -0.2) is 44.2 Å². The first-order valence-corrected chi connectivity index (χ1v) is 4.25. The highest BCUT2D eigenvalue weighted by Crippen LogP contribution is 1.95. The summed E-state index contributed by atoms with van der Waals surface area (Å²) in [5, 5.41) is 0. The molecule has 0 heterocycles. The van der Waals surface area contributed by atoms with Crippen molar-refractivity contribution in [1.29, 1.82) is 0 Å². The van der Waals surface area contributed by atoms with Crippen LogP contribution in [0, 0.1) is 0 Å². The van der Waals surface area contributed by atoms with Crippen LogP contribution >= 0.6 is 11.8 Å². The fourth-order valence-corrected chi connectivity index (χ4v) is 1.10.